The third-order valence-electron chi connectivity index (χ3n) is 3.77. The molecule has 1 N–H and O–H groups in total. The monoisotopic (exact) mass is 336 g/mol. The minimum absolute atomic E-state index is 0.158. The second-order valence-electron chi connectivity index (χ2n) is 5.03. The van der Waals surface area contributed by atoms with Crippen LogP contribution in [0.15, 0.2) is 47.2 Å². The van der Waals surface area contributed by atoms with E-state index in [1.54, 1.807) is 6.20 Å². The van der Waals surface area contributed by atoms with Gasteiger partial charge in [0.15, 0.2) is 0 Å². The molecule has 1 aliphatic heterocycles. The molecule has 0 spiro atoms. The molecule has 0 bridgehead atoms. The molecule has 0 radical (unpaired) electrons. The lowest BCUT2D eigenvalue weighted by atomic mass is 9.71. The molecule has 19 heavy (non-hydrogen) atoms. The van der Waals surface area contributed by atoms with E-state index in [0.29, 0.717) is 0 Å². The van der Waals surface area contributed by atoms with Crippen LogP contribution >= 0.6 is 27.5 Å². The summed E-state index contributed by atoms with van der Waals surface area (Å²) in [5.74, 6) is 0. The van der Waals surface area contributed by atoms with Crippen molar-refractivity contribution in [2.45, 2.75) is 11.8 Å². The van der Waals surface area contributed by atoms with Crippen LogP contribution in [0.25, 0.3) is 0 Å². The molecular formula is C15H14BrClN2. The fraction of sp³-hybridized carbons (Fsp3) is 0.267. The van der Waals surface area contributed by atoms with E-state index in [-0.39, 0.29) is 5.41 Å². The zero-order valence-electron chi connectivity index (χ0n) is 10.4. The predicted octanol–water partition coefficient (Wildman–Crippen LogP) is 3.58. The molecule has 1 fully saturated rings. The number of nitrogens with zero attached hydrogens (tertiary/aromatic N) is 1. The fourth-order valence-corrected chi connectivity index (χ4v) is 3.02. The molecule has 0 aliphatic carbocycles. The van der Waals surface area contributed by atoms with E-state index >= 15 is 0 Å². The molecule has 3 rings (SSSR count). The first-order chi connectivity index (χ1) is 9.20. The maximum absolute atomic E-state index is 6.23. The maximum atomic E-state index is 6.23. The molecule has 1 aliphatic rings. The Labute approximate surface area is 126 Å². The molecule has 2 heterocycles. The number of pyridine rings is 1. The van der Waals surface area contributed by atoms with Crippen molar-refractivity contribution in [2.24, 2.45) is 0 Å². The summed E-state index contributed by atoms with van der Waals surface area (Å²) in [5, 5.41) is 4.14. The van der Waals surface area contributed by atoms with E-state index < -0.39 is 0 Å². The van der Waals surface area contributed by atoms with Gasteiger partial charge in [0, 0.05) is 35.4 Å². The number of halogens is 2. The first-order valence-electron chi connectivity index (χ1n) is 6.25. The molecule has 0 atom stereocenters. The molecule has 2 nitrogen and oxygen atoms in total. The van der Waals surface area contributed by atoms with E-state index in [1.165, 1.54) is 11.1 Å². The van der Waals surface area contributed by atoms with Crippen molar-refractivity contribution in [3.05, 3.63) is 63.3 Å². The number of nitrogens with one attached hydrogen (secondary N) is 1. The molecule has 2 aromatic rings. The van der Waals surface area contributed by atoms with Crippen molar-refractivity contribution in [3.8, 4) is 0 Å². The van der Waals surface area contributed by atoms with Crippen molar-refractivity contribution in [1.29, 1.82) is 0 Å². The van der Waals surface area contributed by atoms with E-state index in [4.69, 9.17) is 11.6 Å². The Hall–Kier alpha value is -0.900. The molecule has 0 amide bonds. The average molecular weight is 338 g/mol. The van der Waals surface area contributed by atoms with Crippen LogP contribution in [0.1, 0.15) is 11.1 Å². The SMILES string of the molecule is Clc1cnccc1CC1(c2ccc(Br)cc2)CNC1. The van der Waals surface area contributed by atoms with Crippen LogP contribution in [-0.4, -0.2) is 18.1 Å². The Morgan fingerprint density at radius 3 is 2.53 bits per heavy atom. The highest BCUT2D eigenvalue weighted by molar-refractivity contribution is 9.10. The van der Waals surface area contributed by atoms with Gasteiger partial charge < -0.3 is 5.32 Å². The van der Waals surface area contributed by atoms with Gasteiger partial charge in [-0.05, 0) is 35.7 Å². The lowest BCUT2D eigenvalue weighted by Gasteiger charge is -2.43. The summed E-state index contributed by atoms with van der Waals surface area (Å²) in [6.45, 7) is 1.99. The van der Waals surface area contributed by atoms with Crippen molar-refractivity contribution in [1.82, 2.24) is 10.3 Å². The van der Waals surface area contributed by atoms with Crippen LogP contribution in [0.2, 0.25) is 5.02 Å². The first-order valence-corrected chi connectivity index (χ1v) is 7.42. The molecule has 1 aromatic carbocycles. The summed E-state index contributed by atoms with van der Waals surface area (Å²) in [6, 6.07) is 10.6. The van der Waals surface area contributed by atoms with Gasteiger partial charge in [-0.25, -0.2) is 0 Å². The van der Waals surface area contributed by atoms with E-state index in [1.807, 2.05) is 12.3 Å². The average Bonchev–Trinajstić information content (AvgIpc) is 2.37. The molecule has 0 saturated carbocycles. The number of benzene rings is 1. The number of rotatable bonds is 3. The Kier molecular flexibility index (Phi) is 3.61. The van der Waals surface area contributed by atoms with Crippen molar-refractivity contribution in [3.63, 3.8) is 0 Å². The molecular weight excluding hydrogens is 324 g/mol. The predicted molar refractivity (Wildman–Crippen MR) is 81.6 cm³/mol. The van der Waals surface area contributed by atoms with Crippen LogP contribution in [0.5, 0.6) is 0 Å². The van der Waals surface area contributed by atoms with Gasteiger partial charge >= 0.3 is 0 Å². The summed E-state index contributed by atoms with van der Waals surface area (Å²) in [5.41, 5.74) is 2.69. The summed E-state index contributed by atoms with van der Waals surface area (Å²) >= 11 is 9.72. The minimum atomic E-state index is 0.158. The summed E-state index contributed by atoms with van der Waals surface area (Å²) in [6.07, 6.45) is 4.48. The number of aromatic nitrogens is 1. The minimum Gasteiger partial charge on any atom is -0.315 e. The van der Waals surface area contributed by atoms with Gasteiger partial charge in [0.1, 0.15) is 0 Å². The lowest BCUT2D eigenvalue weighted by molar-refractivity contribution is 0.274. The van der Waals surface area contributed by atoms with Gasteiger partial charge in [-0.1, -0.05) is 39.7 Å². The number of hydrogen-bond donors (Lipinski definition) is 1. The smallest absolute Gasteiger partial charge is 0.0621 e. The maximum Gasteiger partial charge on any atom is 0.0621 e. The van der Waals surface area contributed by atoms with E-state index in [9.17, 15) is 0 Å². The highest BCUT2D eigenvalue weighted by atomic mass is 79.9. The third kappa shape index (κ3) is 2.55. The zero-order valence-corrected chi connectivity index (χ0v) is 12.7. The van der Waals surface area contributed by atoms with Crippen LogP contribution < -0.4 is 5.32 Å². The molecule has 1 aromatic heterocycles. The standard InChI is InChI=1S/C15H14BrClN2/c16-13-3-1-12(2-4-13)15(9-19-10-15)7-11-5-6-18-8-14(11)17/h1-6,8,19H,7,9-10H2. The molecule has 98 valence electrons. The normalized spacial score (nSPS) is 16.9. The fourth-order valence-electron chi connectivity index (χ4n) is 2.57. The van der Waals surface area contributed by atoms with Crippen LogP contribution in [0, 0.1) is 0 Å². The Morgan fingerprint density at radius 2 is 1.95 bits per heavy atom. The summed E-state index contributed by atoms with van der Waals surface area (Å²) in [7, 11) is 0. The number of hydrogen-bond acceptors (Lipinski definition) is 2. The van der Waals surface area contributed by atoms with Gasteiger partial charge in [0.25, 0.3) is 0 Å². The molecule has 4 heteroatoms. The van der Waals surface area contributed by atoms with Gasteiger partial charge in [0.2, 0.25) is 0 Å². The van der Waals surface area contributed by atoms with Crippen molar-refractivity contribution in [2.75, 3.05) is 13.1 Å². The first kappa shape index (κ1) is 13.1. The van der Waals surface area contributed by atoms with Crippen molar-refractivity contribution >= 4 is 27.5 Å². The third-order valence-corrected chi connectivity index (χ3v) is 4.64. The molecule has 1 saturated heterocycles. The second kappa shape index (κ2) is 5.23. The Morgan fingerprint density at radius 1 is 1.21 bits per heavy atom. The highest BCUT2D eigenvalue weighted by Gasteiger charge is 2.39. The lowest BCUT2D eigenvalue weighted by Crippen LogP contribution is -2.58. The summed E-state index contributed by atoms with van der Waals surface area (Å²) in [4.78, 5) is 4.05. The Bertz CT molecular complexity index is 579. The van der Waals surface area contributed by atoms with Crippen LogP contribution in [0.3, 0.4) is 0 Å². The molecule has 0 unspecified atom stereocenters. The highest BCUT2D eigenvalue weighted by Crippen LogP contribution is 2.34. The van der Waals surface area contributed by atoms with Gasteiger partial charge in [-0.2, -0.15) is 0 Å². The van der Waals surface area contributed by atoms with Gasteiger partial charge in [-0.3, -0.25) is 4.98 Å². The van der Waals surface area contributed by atoms with E-state index in [2.05, 4.69) is 50.5 Å². The van der Waals surface area contributed by atoms with Gasteiger partial charge in [-0.15, -0.1) is 0 Å². The van der Waals surface area contributed by atoms with Gasteiger partial charge in [0.05, 0.1) is 5.02 Å². The topological polar surface area (TPSA) is 24.9 Å². The van der Waals surface area contributed by atoms with Crippen molar-refractivity contribution < 1.29 is 0 Å². The Balaban J connectivity index is 1.92. The zero-order chi connectivity index (χ0) is 13.3. The van der Waals surface area contributed by atoms with Crippen LogP contribution in [0.4, 0.5) is 0 Å². The van der Waals surface area contributed by atoms with Crippen LogP contribution in [-0.2, 0) is 11.8 Å². The second-order valence-corrected chi connectivity index (χ2v) is 6.36. The van der Waals surface area contributed by atoms with E-state index in [0.717, 1.165) is 29.0 Å². The summed E-state index contributed by atoms with van der Waals surface area (Å²) < 4.78 is 1.11. The largest absolute Gasteiger partial charge is 0.315 e. The quantitative estimate of drug-likeness (QED) is 0.926.